The average molecular weight is 314 g/mol. The fraction of sp³-hybridized carbons (Fsp3) is 0.333. The van der Waals surface area contributed by atoms with Gasteiger partial charge in [-0.2, -0.15) is 0 Å². The zero-order chi connectivity index (χ0) is 16.2. The predicted molar refractivity (Wildman–Crippen MR) is 84.6 cm³/mol. The van der Waals surface area contributed by atoms with Gasteiger partial charge in [0, 0.05) is 18.3 Å². The Labute approximate surface area is 134 Å². The number of carbonyl (C=O) groups is 1. The van der Waals surface area contributed by atoms with Gasteiger partial charge in [-0.15, -0.1) is 0 Å². The molecule has 0 radical (unpaired) electrons. The van der Waals surface area contributed by atoms with Crippen molar-refractivity contribution in [1.82, 2.24) is 10.3 Å². The lowest BCUT2D eigenvalue weighted by Crippen LogP contribution is -2.41. The van der Waals surface area contributed by atoms with E-state index in [9.17, 15) is 9.18 Å². The Morgan fingerprint density at radius 3 is 2.83 bits per heavy atom. The summed E-state index contributed by atoms with van der Waals surface area (Å²) in [5, 5.41) is 2.93. The summed E-state index contributed by atoms with van der Waals surface area (Å²) in [6, 6.07) is 8.44. The number of carbonyl (C=O) groups excluding carboxylic acids is 1. The first-order chi connectivity index (χ1) is 11.1. The Morgan fingerprint density at radius 1 is 1.30 bits per heavy atom. The molecule has 5 heteroatoms. The van der Waals surface area contributed by atoms with E-state index in [1.165, 1.54) is 6.07 Å². The van der Waals surface area contributed by atoms with Crippen LogP contribution in [0, 0.1) is 18.7 Å². The summed E-state index contributed by atoms with van der Waals surface area (Å²) in [6.45, 7) is 2.77. The van der Waals surface area contributed by atoms with Crippen molar-refractivity contribution in [2.24, 2.45) is 5.92 Å². The summed E-state index contributed by atoms with van der Waals surface area (Å²) in [5.74, 6) is -0.698. The van der Waals surface area contributed by atoms with E-state index in [2.05, 4.69) is 10.3 Å². The minimum Gasteiger partial charge on any atom is -0.379 e. The maximum absolute atomic E-state index is 13.9. The first kappa shape index (κ1) is 15.6. The number of rotatable bonds is 4. The number of nitrogens with zero attached hydrogens (tertiary/aromatic N) is 1. The third-order valence-corrected chi connectivity index (χ3v) is 4.21. The first-order valence-electron chi connectivity index (χ1n) is 7.68. The monoisotopic (exact) mass is 314 g/mol. The van der Waals surface area contributed by atoms with Gasteiger partial charge in [-0.3, -0.25) is 9.78 Å². The van der Waals surface area contributed by atoms with Gasteiger partial charge in [0.25, 0.3) is 5.91 Å². The molecule has 0 saturated carbocycles. The number of halogens is 1. The van der Waals surface area contributed by atoms with E-state index in [1.807, 2.05) is 12.1 Å². The summed E-state index contributed by atoms with van der Waals surface area (Å²) in [7, 11) is 0. The smallest absolute Gasteiger partial charge is 0.254 e. The minimum atomic E-state index is -0.493. The number of amides is 1. The molecule has 0 spiro atoms. The van der Waals surface area contributed by atoms with Gasteiger partial charge in [0.05, 0.1) is 24.8 Å². The van der Waals surface area contributed by atoms with E-state index in [0.29, 0.717) is 18.8 Å². The molecule has 0 unspecified atom stereocenters. The molecule has 1 aliphatic rings. The van der Waals surface area contributed by atoms with Crippen LogP contribution in [0.25, 0.3) is 0 Å². The van der Waals surface area contributed by atoms with Crippen LogP contribution in [0.15, 0.2) is 42.7 Å². The summed E-state index contributed by atoms with van der Waals surface area (Å²) < 4.78 is 19.4. The number of hydrogen-bond donors (Lipinski definition) is 1. The first-order valence-corrected chi connectivity index (χ1v) is 7.68. The van der Waals surface area contributed by atoms with Crippen LogP contribution in [0.2, 0.25) is 0 Å². The topological polar surface area (TPSA) is 51.2 Å². The SMILES string of the molecule is Cc1cccc(F)c1C(=O)N[C@@H]1COC[C@H]1Cc1ccncc1. The van der Waals surface area contributed by atoms with Crippen LogP contribution in [0.3, 0.4) is 0 Å². The third kappa shape index (κ3) is 3.56. The molecule has 1 fully saturated rings. The Morgan fingerprint density at radius 2 is 2.09 bits per heavy atom. The van der Waals surface area contributed by atoms with Crippen LogP contribution >= 0.6 is 0 Å². The van der Waals surface area contributed by atoms with Crippen molar-refractivity contribution in [3.8, 4) is 0 Å². The van der Waals surface area contributed by atoms with Gasteiger partial charge in [-0.1, -0.05) is 12.1 Å². The molecule has 1 aromatic carbocycles. The average Bonchev–Trinajstić information content (AvgIpc) is 2.95. The number of pyridine rings is 1. The summed E-state index contributed by atoms with van der Waals surface area (Å²) in [5.41, 5.74) is 1.89. The highest BCUT2D eigenvalue weighted by Gasteiger charge is 2.30. The van der Waals surface area contributed by atoms with Crippen LogP contribution in [0.4, 0.5) is 4.39 Å². The second kappa shape index (κ2) is 6.87. The van der Waals surface area contributed by atoms with Crippen molar-refractivity contribution in [3.63, 3.8) is 0 Å². The highest BCUT2D eigenvalue weighted by Crippen LogP contribution is 2.20. The van der Waals surface area contributed by atoms with Crippen LogP contribution in [0.5, 0.6) is 0 Å². The quantitative estimate of drug-likeness (QED) is 0.943. The van der Waals surface area contributed by atoms with Crippen molar-refractivity contribution < 1.29 is 13.9 Å². The molecule has 3 rings (SSSR count). The zero-order valence-electron chi connectivity index (χ0n) is 13.0. The van der Waals surface area contributed by atoms with Gasteiger partial charge in [0.15, 0.2) is 0 Å². The van der Waals surface area contributed by atoms with Crippen molar-refractivity contribution in [2.75, 3.05) is 13.2 Å². The highest BCUT2D eigenvalue weighted by molar-refractivity contribution is 5.96. The molecule has 2 aromatic rings. The standard InChI is InChI=1S/C18H19FN2O2/c1-12-3-2-4-15(19)17(12)18(22)21-16-11-23-10-14(16)9-13-5-7-20-8-6-13/h2-8,14,16H,9-11H2,1H3,(H,21,22)/t14-,16-/m1/s1. The molecule has 1 saturated heterocycles. The van der Waals surface area contributed by atoms with Gasteiger partial charge < -0.3 is 10.1 Å². The van der Waals surface area contributed by atoms with E-state index in [1.54, 1.807) is 31.5 Å². The maximum Gasteiger partial charge on any atom is 0.254 e. The largest absolute Gasteiger partial charge is 0.379 e. The van der Waals surface area contributed by atoms with Crippen molar-refractivity contribution in [1.29, 1.82) is 0 Å². The van der Waals surface area contributed by atoms with Crippen molar-refractivity contribution >= 4 is 5.91 Å². The number of aromatic nitrogens is 1. The van der Waals surface area contributed by atoms with E-state index < -0.39 is 5.82 Å². The molecular weight excluding hydrogens is 295 g/mol. The number of hydrogen-bond acceptors (Lipinski definition) is 3. The summed E-state index contributed by atoms with van der Waals surface area (Å²) in [4.78, 5) is 16.4. The van der Waals surface area contributed by atoms with Gasteiger partial charge in [-0.05, 0) is 42.7 Å². The lowest BCUT2D eigenvalue weighted by molar-refractivity contribution is 0.0920. The molecule has 1 amide bonds. The van der Waals surface area contributed by atoms with Crippen molar-refractivity contribution in [2.45, 2.75) is 19.4 Å². The number of benzene rings is 1. The van der Waals surface area contributed by atoms with Crippen LogP contribution in [-0.2, 0) is 11.2 Å². The van der Waals surface area contributed by atoms with Gasteiger partial charge in [0.1, 0.15) is 5.82 Å². The molecule has 120 valence electrons. The van der Waals surface area contributed by atoms with Gasteiger partial charge in [-0.25, -0.2) is 4.39 Å². The zero-order valence-corrected chi connectivity index (χ0v) is 13.0. The third-order valence-electron chi connectivity index (χ3n) is 4.21. The van der Waals surface area contributed by atoms with Crippen LogP contribution in [-0.4, -0.2) is 30.1 Å². The fourth-order valence-corrected chi connectivity index (χ4v) is 2.94. The Balaban J connectivity index is 1.70. The maximum atomic E-state index is 13.9. The lowest BCUT2D eigenvalue weighted by atomic mass is 9.95. The second-order valence-electron chi connectivity index (χ2n) is 5.87. The van der Waals surface area contributed by atoms with Gasteiger partial charge in [0.2, 0.25) is 0 Å². The van der Waals surface area contributed by atoms with Gasteiger partial charge >= 0.3 is 0 Å². The van der Waals surface area contributed by atoms with Crippen LogP contribution < -0.4 is 5.32 Å². The minimum absolute atomic E-state index is 0.113. The molecule has 2 atom stereocenters. The van der Waals surface area contributed by atoms with Crippen molar-refractivity contribution in [3.05, 3.63) is 65.2 Å². The molecule has 0 aliphatic carbocycles. The van der Waals surface area contributed by atoms with E-state index in [4.69, 9.17) is 4.74 Å². The van der Waals surface area contributed by atoms with Crippen LogP contribution in [0.1, 0.15) is 21.5 Å². The molecule has 2 heterocycles. The lowest BCUT2D eigenvalue weighted by Gasteiger charge is -2.20. The molecule has 1 aromatic heterocycles. The predicted octanol–water partition coefficient (Wildman–Crippen LogP) is 2.52. The van der Waals surface area contributed by atoms with E-state index in [-0.39, 0.29) is 23.4 Å². The molecule has 1 aliphatic heterocycles. The van der Waals surface area contributed by atoms with E-state index >= 15 is 0 Å². The number of ether oxygens (including phenoxy) is 1. The molecular formula is C18H19FN2O2. The second-order valence-corrected chi connectivity index (χ2v) is 5.87. The summed E-state index contributed by atoms with van der Waals surface area (Å²) >= 11 is 0. The Hall–Kier alpha value is -2.27. The number of aryl methyl sites for hydroxylation is 1. The molecule has 1 N–H and O–H groups in total. The van der Waals surface area contributed by atoms with E-state index in [0.717, 1.165) is 12.0 Å². The number of nitrogens with one attached hydrogen (secondary N) is 1. The Kier molecular flexibility index (Phi) is 4.67. The molecule has 0 bridgehead atoms. The Bertz CT molecular complexity index is 670. The summed E-state index contributed by atoms with van der Waals surface area (Å²) in [6.07, 6.45) is 4.30. The highest BCUT2D eigenvalue weighted by atomic mass is 19.1. The molecule has 4 nitrogen and oxygen atoms in total. The molecule has 23 heavy (non-hydrogen) atoms. The normalized spacial score (nSPS) is 20.4. The fourth-order valence-electron chi connectivity index (χ4n) is 2.94.